The predicted octanol–water partition coefficient (Wildman–Crippen LogP) is 8.89. The molecule has 0 aromatic heterocycles. The van der Waals surface area contributed by atoms with Crippen LogP contribution in [0.4, 0.5) is 0 Å². The van der Waals surface area contributed by atoms with Gasteiger partial charge in [-0.05, 0) is 152 Å². The highest BCUT2D eigenvalue weighted by Crippen LogP contribution is 2.76. The summed E-state index contributed by atoms with van der Waals surface area (Å²) in [4.78, 5) is 2.60. The molecule has 1 saturated heterocycles. The van der Waals surface area contributed by atoms with Crippen molar-refractivity contribution in [3.8, 4) is 0 Å². The second-order valence-corrected chi connectivity index (χ2v) is 18.5. The molecule has 1 aliphatic heterocycles. The Kier molecular flexibility index (Phi) is 8.97. The summed E-state index contributed by atoms with van der Waals surface area (Å²) in [7, 11) is 0. The van der Waals surface area contributed by atoms with Gasteiger partial charge < -0.3 is 15.2 Å². The lowest BCUT2D eigenvalue weighted by Crippen LogP contribution is -2.68. The highest BCUT2D eigenvalue weighted by molar-refractivity contribution is 5.71. The molecule has 47 heavy (non-hydrogen) atoms. The number of nitrogens with zero attached hydrogens (tertiary/aromatic N) is 1. The van der Waals surface area contributed by atoms with Gasteiger partial charge in [-0.1, -0.05) is 77.1 Å². The van der Waals surface area contributed by atoms with Crippen LogP contribution < -0.4 is 5.32 Å². The van der Waals surface area contributed by atoms with Crippen LogP contribution in [0.5, 0.6) is 0 Å². The van der Waals surface area contributed by atoms with E-state index in [-0.39, 0.29) is 12.0 Å². The van der Waals surface area contributed by atoms with Crippen molar-refractivity contribution in [3.05, 3.63) is 53.6 Å². The zero-order valence-electron chi connectivity index (χ0n) is 30.8. The molecule has 260 valence electrons. The molecule has 4 saturated carbocycles. The van der Waals surface area contributed by atoms with E-state index in [1.807, 2.05) is 0 Å². The Bertz CT molecular complexity index is 1340. The average Bonchev–Trinajstić information content (AvgIpc) is 3.44. The minimum Gasteiger partial charge on any atom is -0.392 e. The zero-order valence-corrected chi connectivity index (χ0v) is 30.8. The molecule has 5 fully saturated rings. The lowest BCUT2D eigenvalue weighted by atomic mass is 9.33. The maximum absolute atomic E-state index is 9.64. The molecule has 0 amide bonds. The molecule has 0 bridgehead atoms. The first-order chi connectivity index (χ1) is 22.4. The molecule has 9 atom stereocenters. The van der Waals surface area contributed by atoms with Crippen molar-refractivity contribution in [2.24, 2.45) is 51.2 Å². The molecule has 4 nitrogen and oxygen atoms in total. The molecule has 0 spiro atoms. The van der Waals surface area contributed by atoms with E-state index >= 15 is 0 Å². The van der Waals surface area contributed by atoms with Gasteiger partial charge in [0.1, 0.15) is 0 Å². The number of hydrogen-bond donors (Lipinski definition) is 2. The topological polar surface area (TPSA) is 44.7 Å². The van der Waals surface area contributed by atoms with E-state index in [4.69, 9.17) is 4.74 Å². The van der Waals surface area contributed by atoms with Crippen LogP contribution in [0.15, 0.2) is 42.5 Å². The van der Waals surface area contributed by atoms with Crippen molar-refractivity contribution in [2.45, 2.75) is 118 Å². The van der Waals surface area contributed by atoms with Crippen molar-refractivity contribution in [3.63, 3.8) is 0 Å². The number of hydrogen-bond acceptors (Lipinski definition) is 4. The van der Waals surface area contributed by atoms with Crippen LogP contribution in [0.25, 0.3) is 5.57 Å². The molecule has 6 aliphatic rings. The monoisotopic (exact) mass is 643 g/mol. The van der Waals surface area contributed by atoms with Crippen molar-refractivity contribution in [1.29, 1.82) is 0 Å². The number of fused-ring (bicyclic) bond motifs is 7. The van der Waals surface area contributed by atoms with Gasteiger partial charge in [0.15, 0.2) is 0 Å². The first-order valence-electron chi connectivity index (χ1n) is 19.5. The number of aliphatic hydroxyl groups excluding tert-OH is 1. The Morgan fingerprint density at radius 1 is 0.915 bits per heavy atom. The first-order valence-corrected chi connectivity index (χ1v) is 19.5. The summed E-state index contributed by atoms with van der Waals surface area (Å²) in [5, 5.41) is 14.0. The smallest absolute Gasteiger partial charge is 0.0681 e. The molecule has 1 aromatic rings. The Morgan fingerprint density at radius 2 is 1.66 bits per heavy atom. The summed E-state index contributed by atoms with van der Waals surface area (Å²) in [6.07, 6.45) is 16.0. The maximum atomic E-state index is 9.64. The molecule has 5 aliphatic carbocycles. The van der Waals surface area contributed by atoms with Crippen LogP contribution in [0, 0.1) is 51.2 Å². The van der Waals surface area contributed by atoms with E-state index in [0.717, 1.165) is 56.2 Å². The number of benzene rings is 1. The number of aliphatic hydroxyl groups is 1. The van der Waals surface area contributed by atoms with Crippen LogP contribution in [-0.2, 0) is 11.3 Å². The fourth-order valence-electron chi connectivity index (χ4n) is 13.8. The van der Waals surface area contributed by atoms with Crippen LogP contribution >= 0.6 is 0 Å². The third kappa shape index (κ3) is 5.28. The Hall–Kier alpha value is -1.46. The van der Waals surface area contributed by atoms with Gasteiger partial charge in [-0.15, -0.1) is 0 Å². The Morgan fingerprint density at radius 3 is 2.36 bits per heavy atom. The SMILES string of the molecule is C=C(C)C1CCC2(NCCCN3CCOCC3)CCC3(C)C(CCC4C5(C)CC=C(c6ccc(CO)cc6)C(C)(C)C5CCC43C)C12. The van der Waals surface area contributed by atoms with Crippen molar-refractivity contribution < 1.29 is 9.84 Å². The highest BCUT2D eigenvalue weighted by Gasteiger charge is 2.70. The normalized spacial score (nSPS) is 42.9. The van der Waals surface area contributed by atoms with Gasteiger partial charge in [-0.25, -0.2) is 0 Å². The largest absolute Gasteiger partial charge is 0.392 e. The van der Waals surface area contributed by atoms with E-state index in [1.165, 1.54) is 87.5 Å². The number of allylic oxidation sites excluding steroid dienone is 3. The standard InChI is InChI=1S/C43H66N2O2/c1-30(2)33-15-20-43(44-23-8-24-45-25-27-47-28-26-45)22-21-41(6)35(38(33)43)13-14-37-40(5)18-16-34(32-11-9-31(29-46)10-12-32)39(3,4)36(40)17-19-42(37,41)7/h9-12,16,33,35-38,44,46H,1,8,13-15,17-29H2,2-7H3. The average molecular weight is 643 g/mol. The summed E-state index contributed by atoms with van der Waals surface area (Å²) >= 11 is 0. The van der Waals surface area contributed by atoms with Gasteiger partial charge in [-0.2, -0.15) is 0 Å². The second-order valence-electron chi connectivity index (χ2n) is 18.5. The molecule has 0 radical (unpaired) electrons. The molecule has 1 heterocycles. The molecule has 2 N–H and O–H groups in total. The van der Waals surface area contributed by atoms with E-state index in [0.29, 0.717) is 33.6 Å². The van der Waals surface area contributed by atoms with E-state index in [9.17, 15) is 5.11 Å². The van der Waals surface area contributed by atoms with E-state index in [1.54, 1.807) is 0 Å². The van der Waals surface area contributed by atoms with Gasteiger partial charge in [0.2, 0.25) is 0 Å². The number of ether oxygens (including phenoxy) is 1. The third-order valence-electron chi connectivity index (χ3n) is 16.3. The van der Waals surface area contributed by atoms with Gasteiger partial charge in [0.25, 0.3) is 0 Å². The van der Waals surface area contributed by atoms with Gasteiger partial charge >= 0.3 is 0 Å². The Balaban J connectivity index is 1.14. The van der Waals surface area contributed by atoms with E-state index in [2.05, 4.69) is 88.7 Å². The zero-order chi connectivity index (χ0) is 33.2. The van der Waals surface area contributed by atoms with Gasteiger partial charge in [-0.3, -0.25) is 4.90 Å². The fraction of sp³-hybridized carbons (Fsp3) is 0.767. The summed E-state index contributed by atoms with van der Waals surface area (Å²) in [6.45, 7) is 26.8. The lowest BCUT2D eigenvalue weighted by molar-refractivity contribution is -0.219. The Labute approximate surface area is 287 Å². The van der Waals surface area contributed by atoms with Crippen LogP contribution in [0.2, 0.25) is 0 Å². The summed E-state index contributed by atoms with van der Waals surface area (Å²) in [6, 6.07) is 8.74. The second kappa shape index (κ2) is 12.4. The summed E-state index contributed by atoms with van der Waals surface area (Å²) in [5.74, 6) is 3.62. The molecule has 9 unspecified atom stereocenters. The molecule has 7 rings (SSSR count). The van der Waals surface area contributed by atoms with Crippen molar-refractivity contribution in [1.82, 2.24) is 10.2 Å². The maximum Gasteiger partial charge on any atom is 0.0681 e. The predicted molar refractivity (Wildman–Crippen MR) is 195 cm³/mol. The summed E-state index contributed by atoms with van der Waals surface area (Å²) < 4.78 is 5.60. The highest BCUT2D eigenvalue weighted by atomic mass is 16.5. The van der Waals surface area contributed by atoms with Gasteiger partial charge in [0.05, 0.1) is 19.8 Å². The van der Waals surface area contributed by atoms with Crippen LogP contribution in [-0.4, -0.2) is 54.9 Å². The minimum absolute atomic E-state index is 0.115. The number of morpholine rings is 1. The molecule has 4 heteroatoms. The van der Waals surface area contributed by atoms with Gasteiger partial charge in [0, 0.05) is 18.6 Å². The van der Waals surface area contributed by atoms with E-state index < -0.39 is 0 Å². The number of rotatable bonds is 8. The third-order valence-corrected chi connectivity index (χ3v) is 16.3. The molecule has 1 aromatic carbocycles. The number of nitrogens with one attached hydrogen (secondary N) is 1. The molecular weight excluding hydrogens is 576 g/mol. The van der Waals surface area contributed by atoms with Crippen molar-refractivity contribution in [2.75, 3.05) is 39.4 Å². The molecular formula is C43H66N2O2. The summed E-state index contributed by atoms with van der Waals surface area (Å²) in [5.41, 5.74) is 6.83. The quantitative estimate of drug-likeness (QED) is 0.220. The lowest BCUT2D eigenvalue weighted by Gasteiger charge is -2.72. The van der Waals surface area contributed by atoms with Crippen molar-refractivity contribution >= 4 is 5.57 Å². The van der Waals surface area contributed by atoms with Crippen LogP contribution in [0.1, 0.15) is 117 Å². The van der Waals surface area contributed by atoms with Crippen LogP contribution in [0.3, 0.4) is 0 Å². The fourth-order valence-corrected chi connectivity index (χ4v) is 13.8. The minimum atomic E-state index is 0.115. The first kappa shape index (κ1) is 34.0.